The first-order valence-electron chi connectivity index (χ1n) is 8.33. The van der Waals surface area contributed by atoms with Crippen LogP contribution in [0.5, 0.6) is 0 Å². The highest BCUT2D eigenvalue weighted by atomic mass is 35.5. The van der Waals surface area contributed by atoms with E-state index in [4.69, 9.17) is 5.73 Å². The van der Waals surface area contributed by atoms with Crippen LogP contribution in [0.4, 0.5) is 0 Å². The Kier molecular flexibility index (Phi) is 8.54. The fraction of sp³-hybridized carbons (Fsp3) is 0.706. The summed E-state index contributed by atoms with van der Waals surface area (Å²) in [4.78, 5) is 16.1. The van der Waals surface area contributed by atoms with Crippen LogP contribution in [0, 0.1) is 5.92 Å². The molecule has 0 aliphatic carbocycles. The number of thiophene rings is 1. The number of amides is 1. The van der Waals surface area contributed by atoms with Gasteiger partial charge < -0.3 is 11.1 Å². The van der Waals surface area contributed by atoms with Gasteiger partial charge >= 0.3 is 0 Å². The van der Waals surface area contributed by atoms with Crippen molar-refractivity contribution in [3.63, 3.8) is 0 Å². The summed E-state index contributed by atoms with van der Waals surface area (Å²) in [6, 6.07) is 4.31. The Labute approximate surface area is 150 Å². The lowest BCUT2D eigenvalue weighted by Gasteiger charge is -2.32. The van der Waals surface area contributed by atoms with Gasteiger partial charge in [-0.2, -0.15) is 0 Å². The van der Waals surface area contributed by atoms with Gasteiger partial charge in [0.25, 0.3) is 0 Å². The molecule has 0 radical (unpaired) electrons. The normalized spacial score (nSPS) is 18.9. The van der Waals surface area contributed by atoms with Crippen LogP contribution in [0.1, 0.15) is 44.4 Å². The van der Waals surface area contributed by atoms with E-state index in [1.807, 2.05) is 18.3 Å². The van der Waals surface area contributed by atoms with Gasteiger partial charge in [-0.1, -0.05) is 19.4 Å². The van der Waals surface area contributed by atoms with E-state index in [0.29, 0.717) is 5.92 Å². The number of carbonyl (C=O) groups excluding carboxylic acids is 1. The molecule has 1 aromatic heterocycles. The van der Waals surface area contributed by atoms with E-state index in [2.05, 4.69) is 34.7 Å². The van der Waals surface area contributed by atoms with Crippen LogP contribution < -0.4 is 11.1 Å². The number of hydrogen-bond acceptors (Lipinski definition) is 4. The molecular formula is C17H30ClN3OS. The molecule has 1 amide bonds. The van der Waals surface area contributed by atoms with Gasteiger partial charge in [0.15, 0.2) is 0 Å². The molecular weight excluding hydrogens is 330 g/mol. The van der Waals surface area contributed by atoms with Crippen LogP contribution in [0.25, 0.3) is 0 Å². The molecule has 3 N–H and O–H groups in total. The molecule has 132 valence electrons. The molecule has 1 fully saturated rings. The van der Waals surface area contributed by atoms with Gasteiger partial charge in [0.05, 0.1) is 5.54 Å². The van der Waals surface area contributed by atoms with Crippen LogP contribution in [-0.2, 0) is 11.3 Å². The Morgan fingerprint density at radius 2 is 2.17 bits per heavy atom. The van der Waals surface area contributed by atoms with E-state index < -0.39 is 5.54 Å². The Hall–Kier alpha value is -0.620. The van der Waals surface area contributed by atoms with Crippen LogP contribution in [0.3, 0.4) is 0 Å². The minimum absolute atomic E-state index is 0. The second kappa shape index (κ2) is 9.62. The highest BCUT2D eigenvalue weighted by Crippen LogP contribution is 2.20. The summed E-state index contributed by atoms with van der Waals surface area (Å²) in [6.07, 6.45) is 3.97. The third kappa shape index (κ3) is 6.42. The van der Waals surface area contributed by atoms with E-state index in [-0.39, 0.29) is 18.3 Å². The molecule has 2 rings (SSSR count). The summed E-state index contributed by atoms with van der Waals surface area (Å²) in [6.45, 7) is 7.95. The number of likely N-dealkylation sites (tertiary alicyclic amines) is 1. The van der Waals surface area contributed by atoms with E-state index in [0.717, 1.165) is 51.9 Å². The SMILES string of the molecule is CCCC(C)(N)C(=O)NCC1CCN(Cc2cccs2)CC1.Cl. The van der Waals surface area contributed by atoms with E-state index in [1.54, 1.807) is 0 Å². The molecule has 4 nitrogen and oxygen atoms in total. The number of rotatable bonds is 7. The van der Waals surface area contributed by atoms with Gasteiger partial charge in [-0.05, 0) is 56.6 Å². The predicted molar refractivity (Wildman–Crippen MR) is 100 cm³/mol. The van der Waals surface area contributed by atoms with Crippen molar-refractivity contribution < 1.29 is 4.79 Å². The summed E-state index contributed by atoms with van der Waals surface area (Å²) in [7, 11) is 0. The average molecular weight is 360 g/mol. The predicted octanol–water partition coefficient (Wildman–Crippen LogP) is 3.02. The minimum Gasteiger partial charge on any atom is -0.354 e. The van der Waals surface area contributed by atoms with E-state index in [9.17, 15) is 4.79 Å². The number of carbonyl (C=O) groups is 1. The molecule has 23 heavy (non-hydrogen) atoms. The van der Waals surface area contributed by atoms with Crippen molar-refractivity contribution in [1.82, 2.24) is 10.2 Å². The first-order valence-corrected chi connectivity index (χ1v) is 9.21. The largest absolute Gasteiger partial charge is 0.354 e. The zero-order chi connectivity index (χ0) is 16.0. The number of halogens is 1. The van der Waals surface area contributed by atoms with Crippen molar-refractivity contribution in [3.8, 4) is 0 Å². The maximum Gasteiger partial charge on any atom is 0.239 e. The van der Waals surface area contributed by atoms with Crippen LogP contribution in [0.2, 0.25) is 0 Å². The van der Waals surface area contributed by atoms with Crippen molar-refractivity contribution in [2.45, 2.75) is 51.6 Å². The number of nitrogens with zero attached hydrogens (tertiary/aromatic N) is 1. The first kappa shape index (κ1) is 20.4. The summed E-state index contributed by atoms with van der Waals surface area (Å²) in [5.74, 6) is 0.580. The monoisotopic (exact) mass is 359 g/mol. The number of nitrogens with one attached hydrogen (secondary N) is 1. The molecule has 1 atom stereocenters. The minimum atomic E-state index is -0.728. The first-order chi connectivity index (χ1) is 10.5. The zero-order valence-electron chi connectivity index (χ0n) is 14.2. The lowest BCUT2D eigenvalue weighted by atomic mass is 9.94. The summed E-state index contributed by atoms with van der Waals surface area (Å²) in [5.41, 5.74) is 5.34. The Morgan fingerprint density at radius 1 is 1.48 bits per heavy atom. The third-order valence-corrected chi connectivity index (χ3v) is 5.37. The topological polar surface area (TPSA) is 58.4 Å². The summed E-state index contributed by atoms with van der Waals surface area (Å²) in [5, 5.41) is 5.19. The molecule has 0 saturated carbocycles. The maximum atomic E-state index is 12.1. The number of nitrogens with two attached hydrogens (primary N) is 1. The molecule has 0 bridgehead atoms. The molecule has 1 unspecified atom stereocenters. The summed E-state index contributed by atoms with van der Waals surface area (Å²) >= 11 is 1.83. The third-order valence-electron chi connectivity index (χ3n) is 4.51. The van der Waals surface area contributed by atoms with Crippen LogP contribution >= 0.6 is 23.7 Å². The molecule has 1 aromatic rings. The van der Waals surface area contributed by atoms with Crippen LogP contribution in [-0.4, -0.2) is 36.0 Å². The van der Waals surface area contributed by atoms with Crippen molar-refractivity contribution in [2.24, 2.45) is 11.7 Å². The molecule has 0 spiro atoms. The van der Waals surface area contributed by atoms with E-state index >= 15 is 0 Å². The lowest BCUT2D eigenvalue weighted by Crippen LogP contribution is -2.52. The number of piperidine rings is 1. The maximum absolute atomic E-state index is 12.1. The lowest BCUT2D eigenvalue weighted by molar-refractivity contribution is -0.126. The van der Waals surface area contributed by atoms with Gasteiger partial charge in [-0.25, -0.2) is 0 Å². The van der Waals surface area contributed by atoms with Crippen molar-refractivity contribution in [2.75, 3.05) is 19.6 Å². The highest BCUT2D eigenvalue weighted by molar-refractivity contribution is 7.09. The van der Waals surface area contributed by atoms with Crippen molar-refractivity contribution >= 4 is 29.7 Å². The van der Waals surface area contributed by atoms with Gasteiger partial charge in [-0.15, -0.1) is 23.7 Å². The Balaban J connectivity index is 0.00000264. The fourth-order valence-corrected chi connectivity index (χ4v) is 3.79. The second-order valence-electron chi connectivity index (χ2n) is 6.68. The van der Waals surface area contributed by atoms with Gasteiger partial charge in [0.2, 0.25) is 5.91 Å². The molecule has 1 aliphatic heterocycles. The highest BCUT2D eigenvalue weighted by Gasteiger charge is 2.28. The van der Waals surface area contributed by atoms with Gasteiger partial charge in [0.1, 0.15) is 0 Å². The molecule has 1 aliphatic rings. The van der Waals surface area contributed by atoms with Crippen molar-refractivity contribution in [1.29, 1.82) is 0 Å². The number of hydrogen-bond donors (Lipinski definition) is 2. The quantitative estimate of drug-likeness (QED) is 0.786. The average Bonchev–Trinajstić information content (AvgIpc) is 2.99. The fourth-order valence-electron chi connectivity index (χ4n) is 3.04. The van der Waals surface area contributed by atoms with Crippen LogP contribution in [0.15, 0.2) is 17.5 Å². The van der Waals surface area contributed by atoms with Crippen molar-refractivity contribution in [3.05, 3.63) is 22.4 Å². The summed E-state index contributed by atoms with van der Waals surface area (Å²) < 4.78 is 0. The second-order valence-corrected chi connectivity index (χ2v) is 7.71. The molecule has 0 aromatic carbocycles. The smallest absolute Gasteiger partial charge is 0.239 e. The van der Waals surface area contributed by atoms with Gasteiger partial charge in [-0.3, -0.25) is 9.69 Å². The Morgan fingerprint density at radius 3 is 2.74 bits per heavy atom. The standard InChI is InChI=1S/C17H29N3OS.ClH/c1-3-8-17(2,18)16(21)19-12-14-6-9-20(10-7-14)13-15-5-4-11-22-15;/h4-5,11,14H,3,6-10,12-13,18H2,1-2H3,(H,19,21);1H. The molecule has 1 saturated heterocycles. The molecule has 2 heterocycles. The Bertz CT molecular complexity index is 456. The van der Waals surface area contributed by atoms with Gasteiger partial charge in [0, 0.05) is 18.0 Å². The van der Waals surface area contributed by atoms with E-state index in [1.165, 1.54) is 4.88 Å². The molecule has 6 heteroatoms. The zero-order valence-corrected chi connectivity index (χ0v) is 15.8.